The smallest absolute Gasteiger partial charge is 0.188 e. The zero-order valence-electron chi connectivity index (χ0n) is 8.08. The van der Waals surface area contributed by atoms with Crippen molar-refractivity contribution in [1.29, 1.82) is 5.41 Å². The Morgan fingerprint density at radius 2 is 2.38 bits per heavy atom. The molecule has 0 bridgehead atoms. The predicted octanol–water partition coefficient (Wildman–Crippen LogP) is -0.648. The highest BCUT2D eigenvalue weighted by atomic mass is 16.5. The molecule has 1 aliphatic rings. The molecule has 13 heavy (non-hydrogen) atoms. The Balaban J connectivity index is 2.65. The van der Waals surface area contributed by atoms with Gasteiger partial charge in [0.25, 0.3) is 0 Å². The molecule has 5 nitrogen and oxygen atoms in total. The summed E-state index contributed by atoms with van der Waals surface area (Å²) in [7, 11) is 0. The number of morpholine rings is 1. The van der Waals surface area contributed by atoms with Gasteiger partial charge in [0, 0.05) is 13.1 Å². The highest BCUT2D eigenvalue weighted by Gasteiger charge is 2.33. The van der Waals surface area contributed by atoms with E-state index in [0.29, 0.717) is 13.1 Å². The van der Waals surface area contributed by atoms with Crippen LogP contribution in [-0.4, -0.2) is 47.4 Å². The van der Waals surface area contributed by atoms with Crippen LogP contribution in [0.3, 0.4) is 0 Å². The molecule has 0 amide bonds. The Morgan fingerprint density at radius 3 is 2.85 bits per heavy atom. The first-order valence-electron chi connectivity index (χ1n) is 4.32. The van der Waals surface area contributed by atoms with E-state index in [2.05, 4.69) is 0 Å². The van der Waals surface area contributed by atoms with Gasteiger partial charge in [-0.3, -0.25) is 5.41 Å². The van der Waals surface area contributed by atoms with Gasteiger partial charge in [0.05, 0.1) is 18.3 Å². The zero-order chi connectivity index (χ0) is 10.1. The van der Waals surface area contributed by atoms with Gasteiger partial charge < -0.3 is 20.5 Å². The van der Waals surface area contributed by atoms with Crippen LogP contribution in [0.4, 0.5) is 0 Å². The second-order valence-electron chi connectivity index (χ2n) is 3.95. The van der Waals surface area contributed by atoms with Crippen molar-refractivity contribution < 1.29 is 9.84 Å². The minimum atomic E-state index is -0.350. The molecule has 1 rings (SSSR count). The number of nitrogens with two attached hydrogens (primary N) is 1. The molecular weight excluding hydrogens is 170 g/mol. The molecule has 1 unspecified atom stereocenters. The number of nitrogens with one attached hydrogen (secondary N) is 1. The Kier molecular flexibility index (Phi) is 2.77. The van der Waals surface area contributed by atoms with E-state index in [1.54, 1.807) is 4.90 Å². The van der Waals surface area contributed by atoms with Crippen LogP contribution in [0, 0.1) is 5.41 Å². The molecule has 76 valence electrons. The molecule has 0 spiro atoms. The van der Waals surface area contributed by atoms with Gasteiger partial charge in [-0.05, 0) is 13.8 Å². The van der Waals surface area contributed by atoms with Crippen molar-refractivity contribution in [1.82, 2.24) is 4.90 Å². The number of guanidine groups is 1. The Bertz CT molecular complexity index is 206. The van der Waals surface area contributed by atoms with E-state index in [0.717, 1.165) is 0 Å². The minimum absolute atomic E-state index is 0.0345. The molecule has 1 fully saturated rings. The molecule has 0 aliphatic carbocycles. The maximum Gasteiger partial charge on any atom is 0.188 e. The molecule has 0 aromatic carbocycles. The molecule has 5 heteroatoms. The summed E-state index contributed by atoms with van der Waals surface area (Å²) in [5.41, 5.74) is 5.03. The lowest BCUT2D eigenvalue weighted by Crippen LogP contribution is -2.57. The van der Waals surface area contributed by atoms with Gasteiger partial charge in [-0.2, -0.15) is 0 Å². The molecule has 1 saturated heterocycles. The van der Waals surface area contributed by atoms with E-state index in [1.807, 2.05) is 13.8 Å². The lowest BCUT2D eigenvalue weighted by atomic mass is 10.1. The minimum Gasteiger partial charge on any atom is -0.394 e. The van der Waals surface area contributed by atoms with Gasteiger partial charge in [-0.15, -0.1) is 0 Å². The monoisotopic (exact) mass is 187 g/mol. The van der Waals surface area contributed by atoms with E-state index in [-0.39, 0.29) is 24.3 Å². The van der Waals surface area contributed by atoms with Crippen LogP contribution >= 0.6 is 0 Å². The van der Waals surface area contributed by atoms with Crippen molar-refractivity contribution in [3.8, 4) is 0 Å². The molecule has 0 aromatic rings. The quantitative estimate of drug-likeness (QED) is 0.376. The van der Waals surface area contributed by atoms with Crippen LogP contribution in [0.5, 0.6) is 0 Å². The van der Waals surface area contributed by atoms with Crippen LogP contribution in [0.15, 0.2) is 0 Å². The molecule has 0 saturated carbocycles. The van der Waals surface area contributed by atoms with Crippen LogP contribution in [0.1, 0.15) is 13.8 Å². The van der Waals surface area contributed by atoms with E-state index in [9.17, 15) is 0 Å². The van der Waals surface area contributed by atoms with Crippen molar-refractivity contribution >= 4 is 5.96 Å². The maximum atomic E-state index is 8.96. The van der Waals surface area contributed by atoms with Crippen LogP contribution < -0.4 is 5.73 Å². The number of hydrogen-bond acceptors (Lipinski definition) is 3. The maximum absolute atomic E-state index is 8.96. The molecular formula is C8H17N3O2. The van der Waals surface area contributed by atoms with E-state index in [1.165, 1.54) is 0 Å². The Labute approximate surface area is 78.0 Å². The van der Waals surface area contributed by atoms with Gasteiger partial charge in [-0.1, -0.05) is 0 Å². The standard InChI is InChI=1S/C8H17N3O2/c1-8(2)5-11(7(9)10)3-6(4-12)13-8/h6,12H,3-5H2,1-2H3,(H3,9,10). The highest BCUT2D eigenvalue weighted by molar-refractivity contribution is 5.74. The normalized spacial score (nSPS) is 27.3. The first-order valence-corrected chi connectivity index (χ1v) is 4.32. The van der Waals surface area contributed by atoms with Gasteiger partial charge in [0.15, 0.2) is 5.96 Å². The van der Waals surface area contributed by atoms with Crippen molar-refractivity contribution in [3.63, 3.8) is 0 Å². The Hall–Kier alpha value is -0.810. The molecule has 0 radical (unpaired) electrons. The summed E-state index contributed by atoms with van der Waals surface area (Å²) < 4.78 is 5.56. The first-order chi connectivity index (χ1) is 5.94. The second-order valence-corrected chi connectivity index (χ2v) is 3.95. The third-order valence-corrected chi connectivity index (χ3v) is 2.03. The summed E-state index contributed by atoms with van der Waals surface area (Å²) in [6.07, 6.45) is -0.243. The van der Waals surface area contributed by atoms with Crippen molar-refractivity contribution in [3.05, 3.63) is 0 Å². The van der Waals surface area contributed by atoms with Crippen molar-refractivity contribution in [2.45, 2.75) is 25.6 Å². The number of nitrogens with zero attached hydrogens (tertiary/aromatic N) is 1. The fourth-order valence-corrected chi connectivity index (χ4v) is 1.57. The predicted molar refractivity (Wildman–Crippen MR) is 49.5 cm³/mol. The first kappa shape index (κ1) is 10.3. The third-order valence-electron chi connectivity index (χ3n) is 2.03. The van der Waals surface area contributed by atoms with Gasteiger partial charge in [-0.25, -0.2) is 0 Å². The summed E-state index contributed by atoms with van der Waals surface area (Å²) in [6, 6.07) is 0. The third kappa shape index (κ3) is 2.57. The van der Waals surface area contributed by atoms with Crippen molar-refractivity contribution in [2.24, 2.45) is 5.73 Å². The average Bonchev–Trinajstić information content (AvgIpc) is 2.01. The second kappa shape index (κ2) is 3.51. The lowest BCUT2D eigenvalue weighted by Gasteiger charge is -2.42. The molecule has 0 aromatic heterocycles. The topological polar surface area (TPSA) is 82.6 Å². The SMILES string of the molecule is CC1(C)CN(C(=N)N)CC(CO)O1. The van der Waals surface area contributed by atoms with E-state index in [4.69, 9.17) is 21.0 Å². The number of ether oxygens (including phenoxy) is 1. The van der Waals surface area contributed by atoms with Crippen LogP contribution in [0.2, 0.25) is 0 Å². The summed E-state index contributed by atoms with van der Waals surface area (Å²) in [5, 5.41) is 16.3. The highest BCUT2D eigenvalue weighted by Crippen LogP contribution is 2.20. The van der Waals surface area contributed by atoms with Crippen LogP contribution in [-0.2, 0) is 4.74 Å². The van der Waals surface area contributed by atoms with Gasteiger partial charge in [0.1, 0.15) is 0 Å². The fraction of sp³-hybridized carbons (Fsp3) is 0.875. The number of hydrogen-bond donors (Lipinski definition) is 3. The number of aliphatic hydroxyl groups excluding tert-OH is 1. The fourth-order valence-electron chi connectivity index (χ4n) is 1.57. The Morgan fingerprint density at radius 1 is 1.77 bits per heavy atom. The van der Waals surface area contributed by atoms with E-state index < -0.39 is 0 Å². The number of rotatable bonds is 1. The molecule has 1 heterocycles. The lowest BCUT2D eigenvalue weighted by molar-refractivity contribution is -0.135. The zero-order valence-corrected chi connectivity index (χ0v) is 8.08. The molecule has 1 atom stereocenters. The summed E-state index contributed by atoms with van der Waals surface area (Å²) in [5.74, 6) is 0.0369. The summed E-state index contributed by atoms with van der Waals surface area (Å²) in [6.45, 7) is 4.90. The van der Waals surface area contributed by atoms with Gasteiger partial charge in [0.2, 0.25) is 0 Å². The molecule has 4 N–H and O–H groups in total. The van der Waals surface area contributed by atoms with Crippen molar-refractivity contribution in [2.75, 3.05) is 19.7 Å². The largest absolute Gasteiger partial charge is 0.394 e. The molecule has 1 aliphatic heterocycles. The summed E-state index contributed by atoms with van der Waals surface area (Å²) >= 11 is 0. The van der Waals surface area contributed by atoms with Crippen LogP contribution in [0.25, 0.3) is 0 Å². The number of aliphatic hydroxyl groups is 1. The average molecular weight is 187 g/mol. The van der Waals surface area contributed by atoms with E-state index >= 15 is 0 Å². The summed E-state index contributed by atoms with van der Waals surface area (Å²) in [4.78, 5) is 1.71. The van der Waals surface area contributed by atoms with Gasteiger partial charge >= 0.3 is 0 Å².